The highest BCUT2D eigenvalue weighted by atomic mass is 79.9. The number of hydrogen-bond donors (Lipinski definition) is 0. The predicted octanol–water partition coefficient (Wildman–Crippen LogP) is 2.87. The number of fused-ring (bicyclic) bond motifs is 1. The molecule has 0 radical (unpaired) electrons. The molecule has 0 fully saturated rings. The van der Waals surface area contributed by atoms with Crippen LogP contribution in [0.2, 0.25) is 0 Å². The Bertz CT molecular complexity index is 500. The fraction of sp³-hybridized carbons (Fsp3) is 0. The molecule has 3 heteroatoms. The van der Waals surface area contributed by atoms with Gasteiger partial charge in [0.15, 0.2) is 0 Å². The van der Waals surface area contributed by atoms with Gasteiger partial charge in [0.05, 0.1) is 5.52 Å². The average Bonchev–Trinajstić information content (AvgIpc) is 2.18. The van der Waals surface area contributed by atoms with Crippen LogP contribution in [0.4, 0.5) is 0 Å². The molecule has 0 saturated heterocycles. The number of hydrogen-bond acceptors (Lipinski definition) is 2. The summed E-state index contributed by atoms with van der Waals surface area (Å²) < 4.78 is 0.912. The minimum atomic E-state index is 0.436. The van der Waals surface area contributed by atoms with Gasteiger partial charge in [-0.05, 0) is 28.1 Å². The topological polar surface area (TPSA) is 36.7 Å². The second kappa shape index (κ2) is 3.15. The van der Waals surface area contributed by atoms with E-state index in [1.165, 1.54) is 0 Å². The Labute approximate surface area is 84.0 Å². The van der Waals surface area contributed by atoms with E-state index in [1.807, 2.05) is 30.3 Å². The molecule has 13 heavy (non-hydrogen) atoms. The summed E-state index contributed by atoms with van der Waals surface area (Å²) in [7, 11) is 0. The Morgan fingerprint density at radius 3 is 2.85 bits per heavy atom. The molecule has 0 aliphatic rings. The van der Waals surface area contributed by atoms with Crippen LogP contribution in [0.15, 0.2) is 34.8 Å². The molecule has 0 N–H and O–H groups in total. The van der Waals surface area contributed by atoms with Gasteiger partial charge in [-0.25, -0.2) is 4.98 Å². The van der Waals surface area contributed by atoms with Crippen molar-refractivity contribution in [3.05, 3.63) is 40.5 Å². The summed E-state index contributed by atoms with van der Waals surface area (Å²) in [6.07, 6.45) is 0. The molecule has 1 aromatic heterocycles. The normalized spacial score (nSPS) is 9.85. The molecule has 2 rings (SSSR count). The number of nitriles is 1. The monoisotopic (exact) mass is 232 g/mol. The Hall–Kier alpha value is -1.40. The first-order valence-corrected chi connectivity index (χ1v) is 4.56. The van der Waals surface area contributed by atoms with E-state index in [1.54, 1.807) is 6.07 Å². The summed E-state index contributed by atoms with van der Waals surface area (Å²) in [5.74, 6) is 0. The summed E-state index contributed by atoms with van der Waals surface area (Å²) in [6.45, 7) is 0. The quantitative estimate of drug-likeness (QED) is 0.701. The van der Waals surface area contributed by atoms with Crippen LogP contribution in [-0.4, -0.2) is 4.98 Å². The minimum absolute atomic E-state index is 0.436. The zero-order valence-corrected chi connectivity index (χ0v) is 8.25. The zero-order chi connectivity index (χ0) is 9.26. The molecule has 1 aromatic carbocycles. The average molecular weight is 233 g/mol. The van der Waals surface area contributed by atoms with Crippen molar-refractivity contribution in [3.8, 4) is 6.07 Å². The van der Waals surface area contributed by atoms with Crippen molar-refractivity contribution in [1.29, 1.82) is 5.26 Å². The number of para-hydroxylation sites is 1. The van der Waals surface area contributed by atoms with Crippen molar-refractivity contribution in [2.24, 2.45) is 0 Å². The molecule has 0 aliphatic carbocycles. The molecule has 0 aliphatic heterocycles. The lowest BCUT2D eigenvalue weighted by Crippen LogP contribution is -1.84. The van der Waals surface area contributed by atoms with Crippen molar-refractivity contribution >= 4 is 26.8 Å². The molecule has 0 spiro atoms. The van der Waals surface area contributed by atoms with Crippen LogP contribution in [0.1, 0.15) is 5.69 Å². The van der Waals surface area contributed by atoms with Crippen LogP contribution < -0.4 is 0 Å². The third kappa shape index (κ3) is 1.41. The molecule has 2 nitrogen and oxygen atoms in total. The predicted molar refractivity (Wildman–Crippen MR) is 54.2 cm³/mol. The molecule has 2 aromatic rings. The van der Waals surface area contributed by atoms with Gasteiger partial charge in [0.25, 0.3) is 0 Å². The fourth-order valence-corrected chi connectivity index (χ4v) is 1.74. The number of benzene rings is 1. The van der Waals surface area contributed by atoms with Crippen molar-refractivity contribution in [2.45, 2.75) is 0 Å². The van der Waals surface area contributed by atoms with Crippen LogP contribution in [0.3, 0.4) is 0 Å². The Kier molecular flexibility index (Phi) is 1.99. The number of pyridine rings is 1. The van der Waals surface area contributed by atoms with E-state index >= 15 is 0 Å². The molecular weight excluding hydrogens is 228 g/mol. The van der Waals surface area contributed by atoms with Crippen LogP contribution in [0.25, 0.3) is 10.9 Å². The highest BCUT2D eigenvalue weighted by Gasteiger charge is 2.01. The van der Waals surface area contributed by atoms with Gasteiger partial charge in [-0.2, -0.15) is 5.26 Å². The first kappa shape index (κ1) is 8.21. The Morgan fingerprint density at radius 1 is 1.31 bits per heavy atom. The molecule has 0 atom stereocenters. The van der Waals surface area contributed by atoms with Gasteiger partial charge in [-0.15, -0.1) is 0 Å². The van der Waals surface area contributed by atoms with E-state index in [-0.39, 0.29) is 0 Å². The molecule has 0 unspecified atom stereocenters. The largest absolute Gasteiger partial charge is 0.237 e. The molecule has 0 saturated carbocycles. The lowest BCUT2D eigenvalue weighted by atomic mass is 10.2. The van der Waals surface area contributed by atoms with Gasteiger partial charge in [-0.1, -0.05) is 18.2 Å². The van der Waals surface area contributed by atoms with Gasteiger partial charge in [-0.3, -0.25) is 0 Å². The van der Waals surface area contributed by atoms with E-state index < -0.39 is 0 Å². The summed E-state index contributed by atoms with van der Waals surface area (Å²) in [4.78, 5) is 4.16. The van der Waals surface area contributed by atoms with Crippen LogP contribution in [-0.2, 0) is 0 Å². The fourth-order valence-electron chi connectivity index (χ4n) is 1.19. The van der Waals surface area contributed by atoms with Crippen molar-refractivity contribution < 1.29 is 0 Å². The third-order valence-electron chi connectivity index (χ3n) is 1.78. The maximum absolute atomic E-state index is 8.69. The van der Waals surface area contributed by atoms with E-state index in [2.05, 4.69) is 20.9 Å². The molecule has 1 heterocycles. The van der Waals surface area contributed by atoms with Gasteiger partial charge in [0.2, 0.25) is 0 Å². The lowest BCUT2D eigenvalue weighted by molar-refractivity contribution is 1.32. The first-order chi connectivity index (χ1) is 6.31. The van der Waals surface area contributed by atoms with Crippen LogP contribution >= 0.6 is 15.9 Å². The number of rotatable bonds is 0. The second-order valence-corrected chi connectivity index (χ2v) is 3.47. The summed E-state index contributed by atoms with van der Waals surface area (Å²) in [6, 6.07) is 11.4. The number of nitrogens with zero attached hydrogens (tertiary/aromatic N) is 2. The first-order valence-electron chi connectivity index (χ1n) is 3.76. The van der Waals surface area contributed by atoms with Crippen LogP contribution in [0.5, 0.6) is 0 Å². The van der Waals surface area contributed by atoms with Gasteiger partial charge >= 0.3 is 0 Å². The SMILES string of the molecule is N#Cc1cc(Br)c2ccccc2n1. The smallest absolute Gasteiger partial charge is 0.142 e. The standard InChI is InChI=1S/C10H5BrN2/c11-9-5-7(6-12)13-10-4-2-1-3-8(9)10/h1-5H. The molecule has 0 amide bonds. The van der Waals surface area contributed by atoms with Gasteiger partial charge in [0, 0.05) is 9.86 Å². The molecular formula is C10H5BrN2. The van der Waals surface area contributed by atoms with Crippen molar-refractivity contribution in [2.75, 3.05) is 0 Å². The number of halogens is 1. The van der Waals surface area contributed by atoms with Gasteiger partial charge < -0.3 is 0 Å². The summed E-state index contributed by atoms with van der Waals surface area (Å²) >= 11 is 3.40. The Balaban J connectivity index is 2.86. The van der Waals surface area contributed by atoms with E-state index in [0.717, 1.165) is 15.4 Å². The van der Waals surface area contributed by atoms with Crippen molar-refractivity contribution in [1.82, 2.24) is 4.98 Å². The highest BCUT2D eigenvalue weighted by molar-refractivity contribution is 9.10. The van der Waals surface area contributed by atoms with Crippen molar-refractivity contribution in [3.63, 3.8) is 0 Å². The molecule has 62 valence electrons. The number of aromatic nitrogens is 1. The highest BCUT2D eigenvalue weighted by Crippen LogP contribution is 2.22. The summed E-state index contributed by atoms with van der Waals surface area (Å²) in [5, 5.41) is 9.72. The van der Waals surface area contributed by atoms with Crippen LogP contribution in [0, 0.1) is 11.3 Å². The van der Waals surface area contributed by atoms with E-state index in [9.17, 15) is 0 Å². The minimum Gasteiger partial charge on any atom is -0.237 e. The zero-order valence-electron chi connectivity index (χ0n) is 6.66. The summed E-state index contributed by atoms with van der Waals surface area (Å²) in [5.41, 5.74) is 1.28. The van der Waals surface area contributed by atoms with E-state index in [0.29, 0.717) is 5.69 Å². The maximum atomic E-state index is 8.69. The third-order valence-corrected chi connectivity index (χ3v) is 2.44. The maximum Gasteiger partial charge on any atom is 0.142 e. The second-order valence-electron chi connectivity index (χ2n) is 2.62. The Morgan fingerprint density at radius 2 is 2.08 bits per heavy atom. The van der Waals surface area contributed by atoms with E-state index in [4.69, 9.17) is 5.26 Å². The lowest BCUT2D eigenvalue weighted by Gasteiger charge is -1.99. The molecule has 0 bridgehead atoms. The van der Waals surface area contributed by atoms with Gasteiger partial charge in [0.1, 0.15) is 11.8 Å².